The number of hydrogen-bond donors (Lipinski definition) is 1. The Balaban J connectivity index is 1.59. The second-order valence-corrected chi connectivity index (χ2v) is 7.55. The van der Waals surface area contributed by atoms with E-state index in [1.54, 1.807) is 0 Å². The molecule has 0 bridgehead atoms. The van der Waals surface area contributed by atoms with E-state index in [0.29, 0.717) is 12.0 Å². The van der Waals surface area contributed by atoms with Crippen molar-refractivity contribution in [3.63, 3.8) is 0 Å². The van der Waals surface area contributed by atoms with Crippen molar-refractivity contribution in [3.8, 4) is 0 Å². The first-order valence-corrected chi connectivity index (χ1v) is 9.72. The second kappa shape index (κ2) is 6.89. The molecule has 1 N–H and O–H groups in total. The maximum atomic E-state index is 11.8. The van der Waals surface area contributed by atoms with E-state index < -0.39 is 5.72 Å². The van der Waals surface area contributed by atoms with Crippen molar-refractivity contribution in [1.29, 1.82) is 0 Å². The van der Waals surface area contributed by atoms with Crippen LogP contribution in [0.3, 0.4) is 0 Å². The Hall–Kier alpha value is -1.71. The van der Waals surface area contributed by atoms with E-state index >= 15 is 0 Å². The number of unbranched alkanes of at least 4 members (excludes halogenated alkanes) is 1. The van der Waals surface area contributed by atoms with Crippen molar-refractivity contribution >= 4 is 0 Å². The number of nitrogens with zero attached hydrogens (tertiary/aromatic N) is 2. The van der Waals surface area contributed by atoms with Crippen LogP contribution in [0.5, 0.6) is 0 Å². The van der Waals surface area contributed by atoms with Gasteiger partial charge in [-0.2, -0.15) is 0 Å². The number of pyridine rings is 1. The van der Waals surface area contributed by atoms with Crippen molar-refractivity contribution in [2.24, 2.45) is 5.92 Å². The van der Waals surface area contributed by atoms with Gasteiger partial charge >= 0.3 is 0 Å². The molecule has 2 aromatic rings. The predicted molar refractivity (Wildman–Crippen MR) is 100.0 cm³/mol. The van der Waals surface area contributed by atoms with Crippen molar-refractivity contribution in [3.05, 3.63) is 65.5 Å². The lowest BCUT2D eigenvalue weighted by Gasteiger charge is -2.35. The Morgan fingerprint density at radius 2 is 2.08 bits per heavy atom. The maximum Gasteiger partial charge on any atom is 0.148 e. The average molecular weight is 336 g/mol. The smallest absolute Gasteiger partial charge is 0.148 e. The summed E-state index contributed by atoms with van der Waals surface area (Å²) in [7, 11) is 0. The number of rotatable bonds is 6. The molecular formula is C22H28N2O. The van der Waals surface area contributed by atoms with Gasteiger partial charge in [0.25, 0.3) is 0 Å². The lowest BCUT2D eigenvalue weighted by atomic mass is 9.85. The molecule has 0 aliphatic carbocycles. The summed E-state index contributed by atoms with van der Waals surface area (Å²) in [6.45, 7) is 3.24. The Morgan fingerprint density at radius 1 is 1.20 bits per heavy atom. The summed E-state index contributed by atoms with van der Waals surface area (Å²) in [6.07, 6.45) is 10.4. The summed E-state index contributed by atoms with van der Waals surface area (Å²) < 4.78 is 0. The Morgan fingerprint density at radius 3 is 2.88 bits per heavy atom. The Labute approximate surface area is 150 Å². The fourth-order valence-electron chi connectivity index (χ4n) is 4.90. The minimum Gasteiger partial charge on any atom is -0.371 e. The molecule has 2 aliphatic rings. The topological polar surface area (TPSA) is 36.4 Å². The Bertz CT molecular complexity index is 717. The summed E-state index contributed by atoms with van der Waals surface area (Å²) in [5.41, 5.74) is 2.99. The molecule has 1 saturated heterocycles. The molecule has 132 valence electrons. The van der Waals surface area contributed by atoms with Crippen LogP contribution in [0.2, 0.25) is 0 Å². The highest BCUT2D eigenvalue weighted by Crippen LogP contribution is 2.55. The van der Waals surface area contributed by atoms with E-state index in [1.807, 2.05) is 18.5 Å². The van der Waals surface area contributed by atoms with Crippen molar-refractivity contribution in [2.45, 2.75) is 57.2 Å². The average Bonchev–Trinajstić information content (AvgIpc) is 3.10. The zero-order chi connectivity index (χ0) is 17.3. The largest absolute Gasteiger partial charge is 0.371 e. The molecule has 0 spiro atoms. The molecule has 1 aromatic heterocycles. The number of aliphatic hydroxyl groups is 1. The summed E-state index contributed by atoms with van der Waals surface area (Å²) in [5.74, 6) is 0.292. The van der Waals surface area contributed by atoms with Crippen molar-refractivity contribution in [2.75, 3.05) is 6.54 Å². The molecule has 1 fully saturated rings. The van der Waals surface area contributed by atoms with Crippen LogP contribution in [0.15, 0.2) is 48.8 Å². The third kappa shape index (κ3) is 2.80. The first kappa shape index (κ1) is 16.7. The molecule has 3 atom stereocenters. The van der Waals surface area contributed by atoms with Gasteiger partial charge in [0.05, 0.1) is 0 Å². The molecule has 3 nitrogen and oxygen atoms in total. The first-order valence-electron chi connectivity index (χ1n) is 9.72. The SMILES string of the molecule is CCCC[C@H]1c2ccccc2[C@@]2(O)[C@@H](CCc3cccnc3)CCN12. The van der Waals surface area contributed by atoms with E-state index in [0.717, 1.165) is 37.8 Å². The van der Waals surface area contributed by atoms with Crippen LogP contribution >= 0.6 is 0 Å². The quantitative estimate of drug-likeness (QED) is 0.848. The van der Waals surface area contributed by atoms with Crippen LogP contribution in [-0.2, 0) is 12.1 Å². The molecule has 3 heterocycles. The zero-order valence-electron chi connectivity index (χ0n) is 15.1. The maximum absolute atomic E-state index is 11.8. The number of hydrogen-bond acceptors (Lipinski definition) is 3. The summed E-state index contributed by atoms with van der Waals surface area (Å²) in [6, 6.07) is 13.1. The van der Waals surface area contributed by atoms with Gasteiger partial charge in [0.15, 0.2) is 0 Å². The van der Waals surface area contributed by atoms with Gasteiger partial charge in [-0.25, -0.2) is 0 Å². The summed E-state index contributed by atoms with van der Waals surface area (Å²) in [4.78, 5) is 6.61. The van der Waals surface area contributed by atoms with Gasteiger partial charge in [0, 0.05) is 36.5 Å². The van der Waals surface area contributed by atoms with Crippen LogP contribution in [0.1, 0.15) is 61.8 Å². The van der Waals surface area contributed by atoms with Gasteiger partial charge in [-0.3, -0.25) is 9.88 Å². The number of fused-ring (bicyclic) bond motifs is 3. The molecule has 1 aromatic carbocycles. The number of aromatic nitrogens is 1. The van der Waals surface area contributed by atoms with Gasteiger partial charge in [-0.15, -0.1) is 0 Å². The summed E-state index contributed by atoms with van der Waals surface area (Å²) in [5, 5.41) is 11.8. The molecule has 0 unspecified atom stereocenters. The van der Waals surface area contributed by atoms with E-state index in [-0.39, 0.29) is 0 Å². The second-order valence-electron chi connectivity index (χ2n) is 7.55. The molecule has 0 radical (unpaired) electrons. The lowest BCUT2D eigenvalue weighted by molar-refractivity contribution is -0.123. The fourth-order valence-corrected chi connectivity index (χ4v) is 4.90. The highest BCUT2D eigenvalue weighted by Gasteiger charge is 2.56. The van der Waals surface area contributed by atoms with Gasteiger partial charge in [-0.05, 0) is 42.9 Å². The van der Waals surface area contributed by atoms with Crippen LogP contribution in [-0.4, -0.2) is 21.5 Å². The third-order valence-electron chi connectivity index (χ3n) is 6.15. The number of benzene rings is 1. The van der Waals surface area contributed by atoms with Crippen molar-refractivity contribution in [1.82, 2.24) is 9.88 Å². The van der Waals surface area contributed by atoms with E-state index in [1.165, 1.54) is 24.0 Å². The molecule has 2 aliphatic heterocycles. The van der Waals surface area contributed by atoms with Crippen LogP contribution in [0, 0.1) is 5.92 Å². The molecular weight excluding hydrogens is 308 g/mol. The third-order valence-corrected chi connectivity index (χ3v) is 6.15. The van der Waals surface area contributed by atoms with E-state index in [4.69, 9.17) is 0 Å². The van der Waals surface area contributed by atoms with E-state index in [2.05, 4.69) is 47.1 Å². The number of aryl methyl sites for hydroxylation is 1. The van der Waals surface area contributed by atoms with Crippen molar-refractivity contribution < 1.29 is 5.11 Å². The fraction of sp³-hybridized carbons (Fsp3) is 0.500. The highest BCUT2D eigenvalue weighted by molar-refractivity contribution is 5.41. The molecule has 25 heavy (non-hydrogen) atoms. The minimum atomic E-state index is -0.781. The lowest BCUT2D eigenvalue weighted by Crippen LogP contribution is -2.41. The molecule has 0 saturated carbocycles. The zero-order valence-corrected chi connectivity index (χ0v) is 15.1. The first-order chi connectivity index (χ1) is 12.2. The highest BCUT2D eigenvalue weighted by atomic mass is 16.3. The predicted octanol–water partition coefficient (Wildman–Crippen LogP) is 4.43. The van der Waals surface area contributed by atoms with E-state index in [9.17, 15) is 5.11 Å². The summed E-state index contributed by atoms with van der Waals surface area (Å²) >= 11 is 0. The molecule has 4 rings (SSSR count). The minimum absolute atomic E-state index is 0.292. The van der Waals surface area contributed by atoms with Crippen LogP contribution in [0.25, 0.3) is 0 Å². The standard InChI is InChI=1S/C22H28N2O/c1-2-3-10-21-19-8-4-5-9-20(19)22(25)18(13-15-24(21)22)12-11-17-7-6-14-23-16-17/h4-9,14,16,18,21,25H,2-3,10-13,15H2,1H3/t18-,21-,22-/m0/s1. The Kier molecular flexibility index (Phi) is 4.61. The van der Waals surface area contributed by atoms with Gasteiger partial charge in [0.1, 0.15) is 5.72 Å². The normalized spacial score (nSPS) is 28.1. The molecule has 3 heteroatoms. The van der Waals surface area contributed by atoms with Crippen LogP contribution in [0.4, 0.5) is 0 Å². The van der Waals surface area contributed by atoms with Gasteiger partial charge < -0.3 is 5.11 Å². The van der Waals surface area contributed by atoms with Gasteiger partial charge in [-0.1, -0.05) is 50.1 Å². The van der Waals surface area contributed by atoms with Gasteiger partial charge in [0.2, 0.25) is 0 Å². The van der Waals surface area contributed by atoms with Crippen LogP contribution < -0.4 is 0 Å². The monoisotopic (exact) mass is 336 g/mol. The molecule has 0 amide bonds.